The van der Waals surface area contributed by atoms with Gasteiger partial charge in [0.1, 0.15) is 11.4 Å². The summed E-state index contributed by atoms with van der Waals surface area (Å²) < 4.78 is 48.8. The van der Waals surface area contributed by atoms with Crippen LogP contribution in [0.15, 0.2) is 29.2 Å². The summed E-state index contributed by atoms with van der Waals surface area (Å²) in [5.74, 6) is -0.0748. The number of hydrogen-bond acceptors (Lipinski definition) is 6. The van der Waals surface area contributed by atoms with Gasteiger partial charge in [0.15, 0.2) is 0 Å². The van der Waals surface area contributed by atoms with Gasteiger partial charge >= 0.3 is 11.9 Å². The lowest BCUT2D eigenvalue weighted by molar-refractivity contribution is -0.189. The molecule has 0 amide bonds. The molecule has 11 heteroatoms. The molecule has 0 spiro atoms. The Labute approximate surface area is 269 Å². The van der Waals surface area contributed by atoms with Crippen LogP contribution in [-0.2, 0) is 19.6 Å². The van der Waals surface area contributed by atoms with E-state index in [2.05, 4.69) is 67.8 Å². The molecule has 4 bridgehead atoms. The Morgan fingerprint density at radius 2 is 1.67 bits per heavy atom. The minimum Gasteiger partial charge on any atom is -0.455 e. The molecule has 4 saturated carbocycles. The monoisotopic (exact) mass is 890 g/mol. The molecular weight excluding hydrogens is 861 g/mol. The topological polar surface area (TPSA) is 107 Å². The van der Waals surface area contributed by atoms with Gasteiger partial charge in [-0.05, 0) is 160 Å². The van der Waals surface area contributed by atoms with Crippen molar-refractivity contribution in [3.05, 3.63) is 51.7 Å². The molecule has 7 nitrogen and oxygen atoms in total. The zero-order valence-corrected chi connectivity index (χ0v) is 29.0. The minimum atomic E-state index is -4.42. The van der Waals surface area contributed by atoms with Gasteiger partial charge in [-0.2, -0.15) is 8.42 Å². The SMILES string of the molecule is Cc1cc(S(=O)(=O)O)c(C(C)C)cc1OC(=O)C12CC3CC(CC(OC(=O)c4cc(I)cc(I)c4I)(C3)C1)C2. The Bertz CT molecular complexity index is 1470. The minimum absolute atomic E-state index is 0.171. The Morgan fingerprint density at radius 1 is 1.03 bits per heavy atom. The van der Waals surface area contributed by atoms with Crippen molar-refractivity contribution in [2.45, 2.75) is 75.7 Å². The zero-order valence-electron chi connectivity index (χ0n) is 21.7. The number of halogens is 3. The number of ether oxygens (including phenoxy) is 2. The first-order chi connectivity index (χ1) is 18.1. The second-order valence-corrected chi connectivity index (χ2v) is 16.6. The Kier molecular flexibility index (Phi) is 8.17. The average molecular weight is 890 g/mol. The molecule has 2 aromatic carbocycles. The number of esters is 2. The van der Waals surface area contributed by atoms with E-state index in [1.807, 2.05) is 26.0 Å². The second-order valence-electron chi connectivity index (χ2n) is 11.7. The molecule has 1 N–H and O–H groups in total. The van der Waals surface area contributed by atoms with Gasteiger partial charge in [0, 0.05) is 17.1 Å². The number of carbonyl (C=O) groups excluding carboxylic acids is 2. The van der Waals surface area contributed by atoms with Gasteiger partial charge in [-0.15, -0.1) is 0 Å². The largest absolute Gasteiger partial charge is 0.455 e. The fourth-order valence-corrected chi connectivity index (χ4v) is 10.5. The molecule has 6 rings (SSSR count). The van der Waals surface area contributed by atoms with Gasteiger partial charge in [0.05, 0.1) is 15.9 Å². The highest BCUT2D eigenvalue weighted by Crippen LogP contribution is 2.63. The predicted octanol–water partition coefficient (Wildman–Crippen LogP) is 7.28. The Hall–Kier alpha value is -0.520. The maximum atomic E-state index is 13.9. The van der Waals surface area contributed by atoms with Crippen LogP contribution in [0.3, 0.4) is 0 Å². The molecule has 39 heavy (non-hydrogen) atoms. The third-order valence-electron chi connectivity index (χ3n) is 8.37. The van der Waals surface area contributed by atoms with E-state index < -0.39 is 21.1 Å². The van der Waals surface area contributed by atoms with E-state index >= 15 is 0 Å². The molecule has 210 valence electrons. The van der Waals surface area contributed by atoms with Crippen molar-refractivity contribution in [2.75, 3.05) is 0 Å². The Balaban J connectivity index is 1.44. The molecule has 4 aliphatic carbocycles. The van der Waals surface area contributed by atoms with E-state index in [1.165, 1.54) is 6.07 Å². The van der Waals surface area contributed by atoms with Crippen molar-refractivity contribution in [1.29, 1.82) is 0 Å². The number of rotatable bonds is 6. The van der Waals surface area contributed by atoms with E-state index in [0.29, 0.717) is 41.7 Å². The first-order valence-corrected chi connectivity index (χ1v) is 17.5. The summed E-state index contributed by atoms with van der Waals surface area (Å²) in [6, 6.07) is 6.78. The highest BCUT2D eigenvalue weighted by atomic mass is 127. The molecule has 0 aromatic heterocycles. The summed E-state index contributed by atoms with van der Waals surface area (Å²) in [6.07, 6.45) is 4.34. The number of aryl methyl sites for hydroxylation is 1. The van der Waals surface area contributed by atoms with Crippen LogP contribution in [0, 0.1) is 34.9 Å². The summed E-state index contributed by atoms with van der Waals surface area (Å²) >= 11 is 6.61. The van der Waals surface area contributed by atoms with Crippen molar-refractivity contribution < 1.29 is 32.0 Å². The maximum Gasteiger partial charge on any atom is 0.339 e. The van der Waals surface area contributed by atoms with Crippen molar-refractivity contribution in [3.63, 3.8) is 0 Å². The first-order valence-electron chi connectivity index (χ1n) is 12.8. The fourth-order valence-electron chi connectivity index (χ4n) is 7.16. The van der Waals surface area contributed by atoms with Crippen LogP contribution in [0.2, 0.25) is 0 Å². The van der Waals surface area contributed by atoms with Crippen LogP contribution in [0.1, 0.15) is 79.8 Å². The lowest BCUT2D eigenvalue weighted by Gasteiger charge is -2.59. The van der Waals surface area contributed by atoms with Gasteiger partial charge in [-0.3, -0.25) is 9.35 Å². The predicted molar refractivity (Wildman–Crippen MR) is 171 cm³/mol. The molecule has 2 aromatic rings. The molecule has 0 radical (unpaired) electrons. The first kappa shape index (κ1) is 30.0. The molecule has 4 aliphatic rings. The zero-order chi connectivity index (χ0) is 28.5. The average Bonchev–Trinajstić information content (AvgIpc) is 2.80. The van der Waals surface area contributed by atoms with Crippen LogP contribution in [0.4, 0.5) is 0 Å². The highest BCUT2D eigenvalue weighted by Gasteiger charge is 2.63. The molecule has 0 aliphatic heterocycles. The molecular formula is C28H29I3O7S. The van der Waals surface area contributed by atoms with Crippen molar-refractivity contribution in [1.82, 2.24) is 0 Å². The summed E-state index contributed by atoms with van der Waals surface area (Å²) in [6.45, 7) is 5.30. The van der Waals surface area contributed by atoms with E-state index in [4.69, 9.17) is 9.47 Å². The number of benzene rings is 2. The molecule has 2 unspecified atom stereocenters. The summed E-state index contributed by atoms with van der Waals surface area (Å²) in [4.78, 5) is 27.2. The van der Waals surface area contributed by atoms with Gasteiger partial charge in [-0.1, -0.05) is 13.8 Å². The van der Waals surface area contributed by atoms with E-state index in [0.717, 1.165) is 30.0 Å². The highest BCUT2D eigenvalue weighted by molar-refractivity contribution is 14.1. The van der Waals surface area contributed by atoms with Crippen molar-refractivity contribution >= 4 is 89.8 Å². The lowest BCUT2D eigenvalue weighted by atomic mass is 9.48. The van der Waals surface area contributed by atoms with Crippen molar-refractivity contribution in [3.8, 4) is 5.75 Å². The molecule has 2 atom stereocenters. The van der Waals surface area contributed by atoms with E-state index in [-0.39, 0.29) is 34.6 Å². The van der Waals surface area contributed by atoms with Crippen molar-refractivity contribution in [2.24, 2.45) is 17.3 Å². The molecule has 0 saturated heterocycles. The van der Waals surface area contributed by atoms with Gasteiger partial charge in [-0.25, -0.2) is 4.79 Å². The quantitative estimate of drug-likeness (QED) is 0.107. The third-order valence-corrected chi connectivity index (χ3v) is 12.9. The normalized spacial score (nSPS) is 27.6. The molecule has 0 heterocycles. The Morgan fingerprint density at radius 3 is 2.26 bits per heavy atom. The summed E-state index contributed by atoms with van der Waals surface area (Å²) in [5, 5.41) is 0. The van der Waals surface area contributed by atoms with E-state index in [9.17, 15) is 22.6 Å². The lowest BCUT2D eigenvalue weighted by Crippen LogP contribution is -2.60. The standard InChI is InChI=1S/C28H29I3O7S/c1-14(2)19-8-22(15(3)4-23(19)39(34,35)36)37-26(33)27-9-16-5-17(10-27)12-28(11-16,13-27)38-25(32)20-6-18(29)7-21(30)24(20)31/h4,6-8,14,16-17H,5,9-13H2,1-3H3,(H,34,35,36). The number of carbonyl (C=O) groups is 2. The second kappa shape index (κ2) is 10.6. The summed E-state index contributed by atoms with van der Waals surface area (Å²) in [7, 11) is -4.42. The van der Waals surface area contributed by atoms with Crippen LogP contribution >= 0.6 is 67.8 Å². The summed E-state index contributed by atoms with van der Waals surface area (Å²) in [5.41, 5.74) is -0.0701. The third kappa shape index (κ3) is 5.76. The van der Waals surface area contributed by atoms with Gasteiger partial charge in [0.2, 0.25) is 0 Å². The van der Waals surface area contributed by atoms with Gasteiger partial charge < -0.3 is 9.47 Å². The molecule has 4 fully saturated rings. The fraction of sp³-hybridized carbons (Fsp3) is 0.500. The van der Waals surface area contributed by atoms with Crippen LogP contribution in [-0.4, -0.2) is 30.5 Å². The van der Waals surface area contributed by atoms with Crippen LogP contribution < -0.4 is 4.74 Å². The van der Waals surface area contributed by atoms with Crippen LogP contribution in [0.25, 0.3) is 0 Å². The number of hydrogen-bond donors (Lipinski definition) is 1. The smallest absolute Gasteiger partial charge is 0.339 e. The van der Waals surface area contributed by atoms with Gasteiger partial charge in [0.25, 0.3) is 10.1 Å². The van der Waals surface area contributed by atoms with E-state index in [1.54, 1.807) is 13.0 Å². The maximum absolute atomic E-state index is 13.9. The van der Waals surface area contributed by atoms with Crippen LogP contribution in [0.5, 0.6) is 5.75 Å².